The number of fused-ring (bicyclic) bond motifs is 1. The number of ether oxygens (including phenoxy) is 4. The van der Waals surface area contributed by atoms with E-state index in [0.29, 0.717) is 61.5 Å². The highest BCUT2D eigenvalue weighted by atomic mass is 127. The summed E-state index contributed by atoms with van der Waals surface area (Å²) in [6, 6.07) is 18.0. The summed E-state index contributed by atoms with van der Waals surface area (Å²) in [7, 11) is 3.13. The highest BCUT2D eigenvalue weighted by Crippen LogP contribution is 2.38. The van der Waals surface area contributed by atoms with E-state index in [9.17, 15) is 9.59 Å². The summed E-state index contributed by atoms with van der Waals surface area (Å²) in [4.78, 5) is 33.0. The number of nitrogens with zero attached hydrogens (tertiary/aromatic N) is 2. The maximum absolute atomic E-state index is 14.2. The van der Waals surface area contributed by atoms with Crippen LogP contribution >= 0.6 is 45.5 Å². The van der Waals surface area contributed by atoms with Crippen LogP contribution in [0.4, 0.5) is 0 Å². The number of esters is 1. The normalized spacial score (nSPS) is 14.5. The van der Waals surface area contributed by atoms with Gasteiger partial charge in [-0.3, -0.25) is 9.36 Å². The van der Waals surface area contributed by atoms with E-state index in [1.54, 1.807) is 45.4 Å². The molecule has 0 unspecified atom stereocenters. The quantitative estimate of drug-likeness (QED) is 0.130. The Labute approximate surface area is 283 Å². The van der Waals surface area contributed by atoms with Gasteiger partial charge in [-0.15, -0.1) is 0 Å². The van der Waals surface area contributed by atoms with Gasteiger partial charge in [-0.05, 0) is 83.5 Å². The molecule has 2 heterocycles. The van der Waals surface area contributed by atoms with E-state index in [0.717, 1.165) is 21.1 Å². The fourth-order valence-corrected chi connectivity index (χ4v) is 7.16. The molecule has 45 heavy (non-hydrogen) atoms. The first kappa shape index (κ1) is 32.8. The average molecular weight is 759 g/mol. The van der Waals surface area contributed by atoms with E-state index in [2.05, 4.69) is 22.6 Å². The second kappa shape index (κ2) is 14.7. The van der Waals surface area contributed by atoms with Crippen molar-refractivity contribution in [3.8, 4) is 17.2 Å². The number of aromatic nitrogens is 1. The molecular formula is C34H32ClIN2O6S. The van der Waals surface area contributed by atoms with Crippen molar-refractivity contribution in [2.75, 3.05) is 20.8 Å². The number of hydrogen-bond donors (Lipinski definition) is 0. The van der Waals surface area contributed by atoms with Gasteiger partial charge < -0.3 is 18.9 Å². The second-order valence-corrected chi connectivity index (χ2v) is 12.7. The molecule has 1 atom stereocenters. The highest BCUT2D eigenvalue weighted by molar-refractivity contribution is 14.1. The van der Waals surface area contributed by atoms with Crippen LogP contribution in [0.5, 0.6) is 17.2 Å². The van der Waals surface area contributed by atoms with Crippen LogP contribution in [0.25, 0.3) is 6.08 Å². The molecule has 1 aromatic heterocycles. The first-order valence-corrected chi connectivity index (χ1v) is 16.7. The Hall–Kier alpha value is -3.61. The van der Waals surface area contributed by atoms with E-state index in [1.807, 2.05) is 49.4 Å². The molecule has 0 fully saturated rings. The zero-order valence-electron chi connectivity index (χ0n) is 25.3. The molecule has 3 aromatic carbocycles. The first-order valence-electron chi connectivity index (χ1n) is 14.4. The third-order valence-corrected chi connectivity index (χ3v) is 9.17. The lowest BCUT2D eigenvalue weighted by molar-refractivity contribution is -0.139. The van der Waals surface area contributed by atoms with Crippen LogP contribution < -0.4 is 29.1 Å². The molecule has 0 N–H and O–H groups in total. The number of rotatable bonds is 11. The number of halogens is 2. The van der Waals surface area contributed by atoms with Crippen LogP contribution in [-0.2, 0) is 16.1 Å². The van der Waals surface area contributed by atoms with Crippen molar-refractivity contribution < 1.29 is 23.7 Å². The zero-order chi connectivity index (χ0) is 32.1. The molecule has 0 spiro atoms. The van der Waals surface area contributed by atoms with Crippen molar-refractivity contribution in [2.24, 2.45) is 4.99 Å². The molecule has 5 rings (SSSR count). The van der Waals surface area contributed by atoms with Crippen molar-refractivity contribution in [2.45, 2.75) is 39.3 Å². The van der Waals surface area contributed by atoms with Crippen LogP contribution in [0.2, 0.25) is 5.02 Å². The van der Waals surface area contributed by atoms with Crippen LogP contribution in [0, 0.1) is 3.57 Å². The van der Waals surface area contributed by atoms with Gasteiger partial charge in [0.2, 0.25) is 0 Å². The van der Waals surface area contributed by atoms with Gasteiger partial charge in [0.15, 0.2) is 16.3 Å². The fraction of sp³-hybridized carbons (Fsp3) is 0.265. The van der Waals surface area contributed by atoms with Gasteiger partial charge in [-0.25, -0.2) is 9.79 Å². The number of hydrogen-bond acceptors (Lipinski definition) is 8. The maximum Gasteiger partial charge on any atom is 0.338 e. The Balaban J connectivity index is 1.66. The monoisotopic (exact) mass is 758 g/mol. The molecule has 0 saturated carbocycles. The Morgan fingerprint density at radius 3 is 2.51 bits per heavy atom. The minimum absolute atomic E-state index is 0.178. The lowest BCUT2D eigenvalue weighted by Gasteiger charge is -2.27. The molecule has 0 aliphatic carbocycles. The Bertz CT molecular complexity index is 1940. The number of methoxy groups -OCH3 is 2. The molecule has 0 saturated heterocycles. The van der Waals surface area contributed by atoms with Crippen molar-refractivity contribution in [1.29, 1.82) is 0 Å². The molecule has 0 bridgehead atoms. The molecule has 4 aromatic rings. The van der Waals surface area contributed by atoms with E-state index in [1.165, 1.54) is 15.9 Å². The van der Waals surface area contributed by atoms with Crippen LogP contribution in [-0.4, -0.2) is 31.4 Å². The van der Waals surface area contributed by atoms with Gasteiger partial charge in [0.25, 0.3) is 5.56 Å². The second-order valence-electron chi connectivity index (χ2n) is 10.1. The standard InChI is InChI=1S/C34H32ClIN2O6S/c1-5-10-25-29(33(40)43-6-2)30(23-18-22(35)13-14-26(23)41-3)38-32(39)28(45-34(38)37-25)17-21-15-24(36)31(27(16-21)42-4)44-19-20-11-8-7-9-12-20/h7-9,11-18,30H,5-6,10,19H2,1-4H3/b28-17+/t30-/m1/s1. The van der Waals surface area contributed by atoms with Crippen LogP contribution in [0.3, 0.4) is 0 Å². The number of carbonyl (C=O) groups excluding carboxylic acids is 1. The van der Waals surface area contributed by atoms with E-state index < -0.39 is 12.0 Å². The molecule has 1 aliphatic heterocycles. The Morgan fingerprint density at radius 1 is 1.07 bits per heavy atom. The third-order valence-electron chi connectivity index (χ3n) is 7.15. The van der Waals surface area contributed by atoms with E-state index in [-0.39, 0.29) is 12.2 Å². The van der Waals surface area contributed by atoms with E-state index >= 15 is 0 Å². The summed E-state index contributed by atoms with van der Waals surface area (Å²) in [6.45, 7) is 4.33. The van der Waals surface area contributed by atoms with Gasteiger partial charge >= 0.3 is 5.97 Å². The summed E-state index contributed by atoms with van der Waals surface area (Å²) < 4.78 is 25.8. The molecule has 0 radical (unpaired) electrons. The first-order chi connectivity index (χ1) is 21.8. The molecule has 234 valence electrons. The van der Waals surface area contributed by atoms with Gasteiger partial charge in [0, 0.05) is 10.6 Å². The highest BCUT2D eigenvalue weighted by Gasteiger charge is 2.36. The fourth-order valence-electron chi connectivity index (χ4n) is 5.18. The summed E-state index contributed by atoms with van der Waals surface area (Å²) in [5, 5.41) is 0.446. The largest absolute Gasteiger partial charge is 0.496 e. The predicted molar refractivity (Wildman–Crippen MR) is 184 cm³/mol. The van der Waals surface area contributed by atoms with Gasteiger partial charge in [-0.1, -0.05) is 66.6 Å². The maximum atomic E-state index is 14.2. The van der Waals surface area contributed by atoms with E-state index in [4.69, 9.17) is 35.5 Å². The summed E-state index contributed by atoms with van der Waals surface area (Å²) in [6.07, 6.45) is 3.07. The number of allylic oxidation sites excluding steroid dienone is 1. The van der Waals surface area contributed by atoms with Crippen molar-refractivity contribution in [3.05, 3.63) is 117 Å². The number of carbonyl (C=O) groups is 1. The summed E-state index contributed by atoms with van der Waals surface area (Å²) in [5.74, 6) is 1.13. The van der Waals surface area contributed by atoms with Crippen molar-refractivity contribution >= 4 is 57.6 Å². The Kier molecular flexibility index (Phi) is 10.7. The number of benzene rings is 3. The summed E-state index contributed by atoms with van der Waals surface area (Å²) >= 11 is 9.91. The SMILES string of the molecule is CCCC1=C(C(=O)OCC)[C@@H](c2cc(Cl)ccc2OC)n2c(s/c(=C/c3cc(I)c(OCc4ccccc4)c(OC)c3)c2=O)=N1. The van der Waals surface area contributed by atoms with Gasteiger partial charge in [0.1, 0.15) is 18.4 Å². The number of thiazole rings is 1. The molecule has 0 amide bonds. The Morgan fingerprint density at radius 2 is 1.82 bits per heavy atom. The lowest BCUT2D eigenvalue weighted by atomic mass is 9.93. The topological polar surface area (TPSA) is 88.4 Å². The van der Waals surface area contributed by atoms with Gasteiger partial charge in [0.05, 0.1) is 40.2 Å². The van der Waals surface area contributed by atoms with Crippen LogP contribution in [0.15, 0.2) is 81.7 Å². The minimum Gasteiger partial charge on any atom is -0.496 e. The van der Waals surface area contributed by atoms with Gasteiger partial charge in [-0.2, -0.15) is 0 Å². The molecule has 1 aliphatic rings. The lowest BCUT2D eigenvalue weighted by Crippen LogP contribution is -2.40. The average Bonchev–Trinajstić information content (AvgIpc) is 3.34. The predicted octanol–water partition coefficient (Wildman–Crippen LogP) is 6.43. The minimum atomic E-state index is -0.846. The van der Waals surface area contributed by atoms with Crippen LogP contribution in [0.1, 0.15) is 49.4 Å². The van der Waals surface area contributed by atoms with Crippen molar-refractivity contribution in [1.82, 2.24) is 4.57 Å². The van der Waals surface area contributed by atoms with Crippen molar-refractivity contribution in [3.63, 3.8) is 0 Å². The third kappa shape index (κ3) is 6.97. The molecule has 8 nitrogen and oxygen atoms in total. The molecular weight excluding hydrogens is 727 g/mol. The zero-order valence-corrected chi connectivity index (χ0v) is 29.0. The molecule has 11 heteroatoms. The smallest absolute Gasteiger partial charge is 0.338 e. The summed E-state index contributed by atoms with van der Waals surface area (Å²) in [5.41, 5.74) is 2.93.